The summed E-state index contributed by atoms with van der Waals surface area (Å²) < 4.78 is 5.27. The average Bonchev–Trinajstić information content (AvgIpc) is 2.30. The summed E-state index contributed by atoms with van der Waals surface area (Å²) in [6.07, 6.45) is 0. The van der Waals surface area contributed by atoms with Gasteiger partial charge in [-0.1, -0.05) is 24.3 Å². The zero-order chi connectivity index (χ0) is 10.7. The van der Waals surface area contributed by atoms with Gasteiger partial charge in [0, 0.05) is 15.7 Å². The van der Waals surface area contributed by atoms with Crippen LogP contribution in [0.1, 0.15) is 0 Å². The fourth-order valence-electron chi connectivity index (χ4n) is 1.56. The molecule has 0 unspecified atom stereocenters. The SMILES string of the molecule is COc1ccc(SC#N)c2ccccc12. The van der Waals surface area contributed by atoms with Crippen LogP contribution in [0.3, 0.4) is 0 Å². The van der Waals surface area contributed by atoms with E-state index in [1.807, 2.05) is 36.4 Å². The molecule has 2 aromatic rings. The van der Waals surface area contributed by atoms with Crippen molar-refractivity contribution in [2.45, 2.75) is 4.90 Å². The van der Waals surface area contributed by atoms with Crippen LogP contribution in [-0.2, 0) is 0 Å². The molecule has 0 aliphatic heterocycles. The van der Waals surface area contributed by atoms with E-state index in [0.29, 0.717) is 0 Å². The van der Waals surface area contributed by atoms with E-state index in [-0.39, 0.29) is 0 Å². The van der Waals surface area contributed by atoms with E-state index in [1.54, 1.807) is 7.11 Å². The zero-order valence-corrected chi connectivity index (χ0v) is 9.04. The largest absolute Gasteiger partial charge is 0.496 e. The van der Waals surface area contributed by atoms with E-state index in [4.69, 9.17) is 10.00 Å². The van der Waals surface area contributed by atoms with Gasteiger partial charge in [0.2, 0.25) is 0 Å². The highest BCUT2D eigenvalue weighted by molar-refractivity contribution is 8.04. The Morgan fingerprint density at radius 2 is 1.87 bits per heavy atom. The predicted molar refractivity (Wildman–Crippen MR) is 62.0 cm³/mol. The number of methoxy groups -OCH3 is 1. The number of ether oxygens (including phenoxy) is 1. The summed E-state index contributed by atoms with van der Waals surface area (Å²) in [5.74, 6) is 0.841. The molecule has 0 aliphatic carbocycles. The second kappa shape index (κ2) is 4.24. The molecule has 15 heavy (non-hydrogen) atoms. The number of hydrogen-bond acceptors (Lipinski definition) is 3. The van der Waals surface area contributed by atoms with Crippen LogP contribution >= 0.6 is 11.8 Å². The molecule has 0 spiro atoms. The van der Waals surface area contributed by atoms with E-state index in [9.17, 15) is 0 Å². The van der Waals surface area contributed by atoms with Gasteiger partial charge in [-0.15, -0.1) is 0 Å². The van der Waals surface area contributed by atoms with Gasteiger partial charge < -0.3 is 4.74 Å². The van der Waals surface area contributed by atoms with Crippen molar-refractivity contribution in [3.8, 4) is 11.2 Å². The average molecular weight is 215 g/mol. The van der Waals surface area contributed by atoms with Crippen LogP contribution in [0.25, 0.3) is 10.8 Å². The van der Waals surface area contributed by atoms with Crippen molar-refractivity contribution in [2.75, 3.05) is 7.11 Å². The van der Waals surface area contributed by atoms with Crippen LogP contribution < -0.4 is 4.74 Å². The Morgan fingerprint density at radius 1 is 1.13 bits per heavy atom. The number of fused-ring (bicyclic) bond motifs is 1. The molecule has 3 heteroatoms. The predicted octanol–water partition coefficient (Wildman–Crippen LogP) is 3.42. The number of thioether (sulfide) groups is 1. The number of nitrogens with zero attached hydrogens (tertiary/aromatic N) is 1. The maximum Gasteiger partial charge on any atom is 0.138 e. The summed E-state index contributed by atoms with van der Waals surface area (Å²) >= 11 is 1.17. The standard InChI is InChI=1S/C12H9NOS/c1-14-11-6-7-12(15-8-13)10-5-3-2-4-9(10)11/h2-7H,1H3. The molecule has 0 saturated heterocycles. The van der Waals surface area contributed by atoms with Gasteiger partial charge in [0.15, 0.2) is 0 Å². The molecule has 2 nitrogen and oxygen atoms in total. The highest BCUT2D eigenvalue weighted by Gasteiger charge is 2.05. The number of nitriles is 1. The first-order valence-corrected chi connectivity index (χ1v) is 5.30. The minimum atomic E-state index is 0.841. The van der Waals surface area contributed by atoms with Crippen molar-refractivity contribution in [1.29, 1.82) is 5.26 Å². The van der Waals surface area contributed by atoms with Crippen molar-refractivity contribution < 1.29 is 4.74 Å². The molecule has 0 bridgehead atoms. The van der Waals surface area contributed by atoms with Gasteiger partial charge in [0.1, 0.15) is 11.2 Å². The van der Waals surface area contributed by atoms with Crippen LogP contribution in [0.4, 0.5) is 0 Å². The lowest BCUT2D eigenvalue weighted by Crippen LogP contribution is -1.85. The van der Waals surface area contributed by atoms with Crippen molar-refractivity contribution >= 4 is 22.5 Å². The summed E-state index contributed by atoms with van der Waals surface area (Å²) in [6.45, 7) is 0. The Balaban J connectivity index is 2.72. The molecule has 0 aromatic heterocycles. The van der Waals surface area contributed by atoms with Crippen molar-refractivity contribution in [3.63, 3.8) is 0 Å². The van der Waals surface area contributed by atoms with Crippen LogP contribution in [0.15, 0.2) is 41.3 Å². The van der Waals surface area contributed by atoms with Crippen LogP contribution in [-0.4, -0.2) is 7.11 Å². The van der Waals surface area contributed by atoms with Gasteiger partial charge in [-0.2, -0.15) is 5.26 Å². The normalized spacial score (nSPS) is 9.87. The third-order valence-corrected chi connectivity index (χ3v) is 2.89. The summed E-state index contributed by atoms with van der Waals surface area (Å²) in [6, 6.07) is 11.7. The fraction of sp³-hybridized carbons (Fsp3) is 0.0833. The van der Waals surface area contributed by atoms with Gasteiger partial charge >= 0.3 is 0 Å². The summed E-state index contributed by atoms with van der Waals surface area (Å²) in [5, 5.41) is 12.9. The first-order chi connectivity index (χ1) is 7.36. The van der Waals surface area contributed by atoms with E-state index >= 15 is 0 Å². The molecule has 0 aliphatic rings. The molecule has 74 valence electrons. The molecular formula is C12H9NOS. The highest BCUT2D eigenvalue weighted by Crippen LogP contribution is 2.33. The van der Waals surface area contributed by atoms with Crippen molar-refractivity contribution in [3.05, 3.63) is 36.4 Å². The van der Waals surface area contributed by atoms with Gasteiger partial charge in [-0.05, 0) is 23.9 Å². The van der Waals surface area contributed by atoms with E-state index < -0.39 is 0 Å². The lowest BCUT2D eigenvalue weighted by molar-refractivity contribution is 0.419. The van der Waals surface area contributed by atoms with Crippen LogP contribution in [0, 0.1) is 10.7 Å². The van der Waals surface area contributed by atoms with E-state index in [0.717, 1.165) is 21.4 Å². The minimum Gasteiger partial charge on any atom is -0.496 e. The quantitative estimate of drug-likeness (QED) is 0.568. The van der Waals surface area contributed by atoms with Gasteiger partial charge in [-0.3, -0.25) is 0 Å². The van der Waals surface area contributed by atoms with E-state index in [1.165, 1.54) is 11.8 Å². The second-order valence-electron chi connectivity index (χ2n) is 3.00. The van der Waals surface area contributed by atoms with Gasteiger partial charge in [-0.25, -0.2) is 0 Å². The first-order valence-electron chi connectivity index (χ1n) is 4.48. The van der Waals surface area contributed by atoms with Crippen LogP contribution in [0.5, 0.6) is 5.75 Å². The Bertz CT molecular complexity index is 531. The molecule has 2 aromatic carbocycles. The number of rotatable bonds is 2. The second-order valence-corrected chi connectivity index (χ2v) is 3.83. The van der Waals surface area contributed by atoms with Crippen molar-refractivity contribution in [2.24, 2.45) is 0 Å². The highest BCUT2D eigenvalue weighted by atomic mass is 32.2. The summed E-state index contributed by atoms with van der Waals surface area (Å²) in [4.78, 5) is 0.967. The number of thiocyanates is 1. The van der Waals surface area contributed by atoms with Crippen LogP contribution in [0.2, 0.25) is 0 Å². The molecule has 0 radical (unpaired) electrons. The van der Waals surface area contributed by atoms with Gasteiger partial charge in [0.05, 0.1) is 7.11 Å². The molecule has 0 saturated carbocycles. The third kappa shape index (κ3) is 1.77. The number of benzene rings is 2. The summed E-state index contributed by atoms with van der Waals surface area (Å²) in [7, 11) is 1.65. The Kier molecular flexibility index (Phi) is 2.79. The maximum absolute atomic E-state index is 8.69. The lowest BCUT2D eigenvalue weighted by Gasteiger charge is -2.07. The monoisotopic (exact) mass is 215 g/mol. The molecule has 0 N–H and O–H groups in total. The van der Waals surface area contributed by atoms with Gasteiger partial charge in [0.25, 0.3) is 0 Å². The molecule has 0 atom stereocenters. The first kappa shape index (κ1) is 9.88. The molecule has 0 fully saturated rings. The summed E-state index contributed by atoms with van der Waals surface area (Å²) in [5.41, 5.74) is 0. The Labute approximate surface area is 92.5 Å². The lowest BCUT2D eigenvalue weighted by atomic mass is 10.1. The molecule has 0 amide bonds. The third-order valence-electron chi connectivity index (χ3n) is 2.22. The Hall–Kier alpha value is -1.66. The smallest absolute Gasteiger partial charge is 0.138 e. The number of hydrogen-bond donors (Lipinski definition) is 0. The molecule has 0 heterocycles. The Morgan fingerprint density at radius 3 is 2.53 bits per heavy atom. The zero-order valence-electron chi connectivity index (χ0n) is 8.23. The minimum absolute atomic E-state index is 0.841. The topological polar surface area (TPSA) is 33.0 Å². The van der Waals surface area contributed by atoms with E-state index in [2.05, 4.69) is 5.40 Å². The fourth-order valence-corrected chi connectivity index (χ4v) is 2.08. The maximum atomic E-state index is 8.69. The molecular weight excluding hydrogens is 206 g/mol. The van der Waals surface area contributed by atoms with Crippen molar-refractivity contribution in [1.82, 2.24) is 0 Å². The molecule has 2 rings (SSSR count).